The summed E-state index contributed by atoms with van der Waals surface area (Å²) in [6, 6.07) is 9.48. The van der Waals surface area contributed by atoms with Crippen molar-refractivity contribution in [2.75, 3.05) is 45.9 Å². The monoisotopic (exact) mass is 262 g/mol. The molecule has 1 aromatic rings. The third-order valence-corrected chi connectivity index (χ3v) is 3.56. The molecule has 4 nitrogen and oxygen atoms in total. The summed E-state index contributed by atoms with van der Waals surface area (Å²) in [5.41, 5.74) is 0.796. The lowest BCUT2D eigenvalue weighted by atomic mass is 10.1. The van der Waals surface area contributed by atoms with Crippen LogP contribution in [0.25, 0.3) is 0 Å². The van der Waals surface area contributed by atoms with E-state index in [2.05, 4.69) is 9.80 Å². The Balaban J connectivity index is 1.75. The van der Waals surface area contributed by atoms with Gasteiger partial charge in [0.05, 0.1) is 6.54 Å². The molecule has 1 aliphatic rings. The number of benzene rings is 1. The topological polar surface area (TPSA) is 43.8 Å². The smallest absolute Gasteiger partial charge is 0.176 e. The Kier molecular flexibility index (Phi) is 5.51. The highest BCUT2D eigenvalue weighted by Gasteiger charge is 2.18. The molecule has 0 bridgehead atoms. The molecule has 0 radical (unpaired) electrons. The average Bonchev–Trinajstić information content (AvgIpc) is 2.47. The van der Waals surface area contributed by atoms with E-state index in [1.807, 2.05) is 30.3 Å². The van der Waals surface area contributed by atoms with Gasteiger partial charge >= 0.3 is 0 Å². The van der Waals surface area contributed by atoms with Gasteiger partial charge in [-0.15, -0.1) is 0 Å². The van der Waals surface area contributed by atoms with Gasteiger partial charge in [0.2, 0.25) is 0 Å². The molecule has 0 saturated carbocycles. The normalized spacial score (nSPS) is 17.5. The lowest BCUT2D eigenvalue weighted by Crippen LogP contribution is -2.48. The summed E-state index contributed by atoms with van der Waals surface area (Å²) in [7, 11) is 0. The highest BCUT2D eigenvalue weighted by Crippen LogP contribution is 2.06. The Morgan fingerprint density at radius 3 is 2.32 bits per heavy atom. The third-order valence-electron chi connectivity index (χ3n) is 3.56. The first-order chi connectivity index (χ1) is 9.29. The molecule has 1 N–H and O–H groups in total. The summed E-state index contributed by atoms with van der Waals surface area (Å²) in [5.74, 6) is 0.199. The zero-order valence-corrected chi connectivity index (χ0v) is 11.3. The van der Waals surface area contributed by atoms with Crippen LogP contribution in [0.4, 0.5) is 0 Å². The fourth-order valence-electron chi connectivity index (χ4n) is 2.38. The summed E-state index contributed by atoms with van der Waals surface area (Å²) in [4.78, 5) is 16.6. The van der Waals surface area contributed by atoms with Crippen LogP contribution >= 0.6 is 0 Å². The summed E-state index contributed by atoms with van der Waals surface area (Å²) < 4.78 is 0. The molecule has 1 aliphatic heterocycles. The zero-order valence-electron chi connectivity index (χ0n) is 11.3. The van der Waals surface area contributed by atoms with E-state index in [0.717, 1.165) is 44.7 Å². The van der Waals surface area contributed by atoms with Gasteiger partial charge < -0.3 is 10.0 Å². The minimum Gasteiger partial charge on any atom is -0.396 e. The fourth-order valence-corrected chi connectivity index (χ4v) is 2.38. The first-order valence-electron chi connectivity index (χ1n) is 6.93. The predicted molar refractivity (Wildman–Crippen MR) is 75.4 cm³/mol. The molecule has 104 valence electrons. The van der Waals surface area contributed by atoms with Crippen molar-refractivity contribution < 1.29 is 9.90 Å². The van der Waals surface area contributed by atoms with Crippen molar-refractivity contribution in [3.63, 3.8) is 0 Å². The first-order valence-corrected chi connectivity index (χ1v) is 6.93. The van der Waals surface area contributed by atoms with E-state index < -0.39 is 0 Å². The number of hydrogen-bond acceptors (Lipinski definition) is 4. The maximum Gasteiger partial charge on any atom is 0.176 e. The van der Waals surface area contributed by atoms with E-state index in [4.69, 9.17) is 5.11 Å². The van der Waals surface area contributed by atoms with Crippen LogP contribution in [-0.4, -0.2) is 66.6 Å². The van der Waals surface area contributed by atoms with E-state index >= 15 is 0 Å². The van der Waals surface area contributed by atoms with Crippen molar-refractivity contribution in [2.24, 2.45) is 0 Å². The van der Waals surface area contributed by atoms with Gasteiger partial charge in [-0.3, -0.25) is 9.69 Å². The van der Waals surface area contributed by atoms with Gasteiger partial charge in [0, 0.05) is 44.9 Å². The SMILES string of the molecule is O=C(CN1CCN(CCCO)CC1)c1ccccc1. The van der Waals surface area contributed by atoms with Crippen molar-refractivity contribution >= 4 is 5.78 Å². The number of carbonyl (C=O) groups is 1. The number of Topliss-reactive ketones (excluding diaryl/α,β-unsaturated/α-hetero) is 1. The second-order valence-electron chi connectivity index (χ2n) is 4.98. The van der Waals surface area contributed by atoms with Crippen LogP contribution in [0.3, 0.4) is 0 Å². The van der Waals surface area contributed by atoms with Crippen molar-refractivity contribution in [1.82, 2.24) is 9.80 Å². The Morgan fingerprint density at radius 1 is 1.05 bits per heavy atom. The van der Waals surface area contributed by atoms with Crippen molar-refractivity contribution in [3.05, 3.63) is 35.9 Å². The molecular formula is C15H22N2O2. The van der Waals surface area contributed by atoms with Gasteiger partial charge in [-0.1, -0.05) is 30.3 Å². The Morgan fingerprint density at radius 2 is 1.68 bits per heavy atom. The molecule has 1 aromatic carbocycles. The Labute approximate surface area is 114 Å². The number of rotatable bonds is 6. The third kappa shape index (κ3) is 4.42. The molecule has 0 amide bonds. The van der Waals surface area contributed by atoms with Crippen LogP contribution in [0.1, 0.15) is 16.8 Å². The van der Waals surface area contributed by atoms with Crippen LogP contribution in [0.15, 0.2) is 30.3 Å². The molecular weight excluding hydrogens is 240 g/mol. The van der Waals surface area contributed by atoms with Gasteiger partial charge in [-0.25, -0.2) is 0 Å². The van der Waals surface area contributed by atoms with E-state index in [1.165, 1.54) is 0 Å². The predicted octanol–water partition coefficient (Wildman–Crippen LogP) is 0.869. The molecule has 1 saturated heterocycles. The summed E-state index contributed by atoms with van der Waals surface area (Å²) >= 11 is 0. The lowest BCUT2D eigenvalue weighted by Gasteiger charge is -2.34. The standard InChI is InChI=1S/C15H22N2O2/c18-12-4-7-16-8-10-17(11-9-16)13-15(19)14-5-2-1-3-6-14/h1-3,5-6,18H,4,7-13H2. The zero-order chi connectivity index (χ0) is 13.5. The van der Waals surface area contributed by atoms with Gasteiger partial charge in [-0.05, 0) is 6.42 Å². The van der Waals surface area contributed by atoms with E-state index in [0.29, 0.717) is 6.54 Å². The second-order valence-corrected chi connectivity index (χ2v) is 4.98. The van der Waals surface area contributed by atoms with Crippen molar-refractivity contribution in [2.45, 2.75) is 6.42 Å². The first kappa shape index (κ1) is 14.2. The highest BCUT2D eigenvalue weighted by atomic mass is 16.3. The van der Waals surface area contributed by atoms with Crippen LogP contribution in [0.5, 0.6) is 0 Å². The van der Waals surface area contributed by atoms with E-state index in [9.17, 15) is 4.79 Å². The van der Waals surface area contributed by atoms with Crippen LogP contribution < -0.4 is 0 Å². The van der Waals surface area contributed by atoms with Gasteiger partial charge in [-0.2, -0.15) is 0 Å². The van der Waals surface area contributed by atoms with Crippen LogP contribution in [0, 0.1) is 0 Å². The maximum absolute atomic E-state index is 12.1. The quantitative estimate of drug-likeness (QED) is 0.773. The molecule has 4 heteroatoms. The average molecular weight is 262 g/mol. The van der Waals surface area contributed by atoms with Gasteiger partial charge in [0.25, 0.3) is 0 Å². The highest BCUT2D eigenvalue weighted by molar-refractivity contribution is 5.97. The summed E-state index contributed by atoms with van der Waals surface area (Å²) in [6.45, 7) is 5.57. The molecule has 19 heavy (non-hydrogen) atoms. The number of aliphatic hydroxyl groups excluding tert-OH is 1. The lowest BCUT2D eigenvalue weighted by molar-refractivity contribution is 0.0844. The molecule has 0 atom stereocenters. The molecule has 1 heterocycles. The van der Waals surface area contributed by atoms with Crippen LogP contribution in [-0.2, 0) is 0 Å². The summed E-state index contributed by atoms with van der Waals surface area (Å²) in [5, 5.41) is 8.81. The van der Waals surface area contributed by atoms with E-state index in [1.54, 1.807) is 0 Å². The van der Waals surface area contributed by atoms with Crippen molar-refractivity contribution in [1.29, 1.82) is 0 Å². The number of ketones is 1. The van der Waals surface area contributed by atoms with Gasteiger partial charge in [0.15, 0.2) is 5.78 Å². The summed E-state index contributed by atoms with van der Waals surface area (Å²) in [6.07, 6.45) is 0.836. The minimum absolute atomic E-state index is 0.199. The maximum atomic E-state index is 12.1. The molecule has 0 spiro atoms. The fraction of sp³-hybridized carbons (Fsp3) is 0.533. The molecule has 0 aromatic heterocycles. The number of piperazine rings is 1. The Bertz CT molecular complexity index is 386. The molecule has 1 fully saturated rings. The van der Waals surface area contributed by atoms with Crippen molar-refractivity contribution in [3.8, 4) is 0 Å². The van der Waals surface area contributed by atoms with Crippen LogP contribution in [0.2, 0.25) is 0 Å². The molecule has 0 aliphatic carbocycles. The number of aliphatic hydroxyl groups is 1. The largest absolute Gasteiger partial charge is 0.396 e. The minimum atomic E-state index is 0.199. The second kappa shape index (κ2) is 7.38. The molecule has 2 rings (SSSR count). The number of nitrogens with zero attached hydrogens (tertiary/aromatic N) is 2. The Hall–Kier alpha value is -1.23. The number of hydrogen-bond donors (Lipinski definition) is 1. The number of carbonyl (C=O) groups excluding carboxylic acids is 1. The van der Waals surface area contributed by atoms with Gasteiger partial charge in [0.1, 0.15) is 0 Å². The van der Waals surface area contributed by atoms with E-state index in [-0.39, 0.29) is 12.4 Å². The molecule has 0 unspecified atom stereocenters.